The van der Waals surface area contributed by atoms with E-state index in [2.05, 4.69) is 47.6 Å². The van der Waals surface area contributed by atoms with Gasteiger partial charge in [0.1, 0.15) is 0 Å². The highest BCUT2D eigenvalue weighted by molar-refractivity contribution is 5.14. The fourth-order valence-electron chi connectivity index (χ4n) is 2.46. The van der Waals surface area contributed by atoms with Crippen LogP contribution in [0.4, 0.5) is 0 Å². The molecule has 2 nitrogen and oxygen atoms in total. The van der Waals surface area contributed by atoms with Crippen molar-refractivity contribution in [2.24, 2.45) is 5.92 Å². The van der Waals surface area contributed by atoms with Crippen molar-refractivity contribution in [3.8, 4) is 0 Å². The van der Waals surface area contributed by atoms with Crippen molar-refractivity contribution in [1.29, 1.82) is 0 Å². The van der Waals surface area contributed by atoms with Gasteiger partial charge in [0.2, 0.25) is 0 Å². The summed E-state index contributed by atoms with van der Waals surface area (Å²) in [7, 11) is 2.23. The van der Waals surface area contributed by atoms with E-state index in [9.17, 15) is 0 Å². The number of benzene rings is 1. The Morgan fingerprint density at radius 1 is 1.31 bits per heavy atom. The maximum absolute atomic E-state index is 3.57. The van der Waals surface area contributed by atoms with Crippen molar-refractivity contribution in [2.45, 2.75) is 19.4 Å². The van der Waals surface area contributed by atoms with Gasteiger partial charge in [-0.05, 0) is 44.5 Å². The number of likely N-dealkylation sites (tertiary alicyclic amines) is 1. The van der Waals surface area contributed by atoms with Crippen LogP contribution < -0.4 is 5.32 Å². The molecule has 88 valence electrons. The van der Waals surface area contributed by atoms with E-state index in [4.69, 9.17) is 0 Å². The van der Waals surface area contributed by atoms with Gasteiger partial charge in [-0.25, -0.2) is 0 Å². The molecule has 0 amide bonds. The molecule has 1 aromatic carbocycles. The predicted octanol–water partition coefficient (Wildman–Crippen LogP) is 2.12. The van der Waals surface area contributed by atoms with E-state index in [0.29, 0.717) is 0 Å². The Morgan fingerprint density at radius 2 is 2.12 bits per heavy atom. The van der Waals surface area contributed by atoms with Crippen LogP contribution in [0.2, 0.25) is 0 Å². The maximum atomic E-state index is 3.57. The highest BCUT2D eigenvalue weighted by Gasteiger charge is 2.16. The second kappa shape index (κ2) is 6.02. The SMILES string of the molecule is CN1CCCC(CNCc2ccccc2)C1. The largest absolute Gasteiger partial charge is 0.312 e. The highest BCUT2D eigenvalue weighted by Crippen LogP contribution is 2.13. The summed E-state index contributed by atoms with van der Waals surface area (Å²) in [4.78, 5) is 2.44. The molecule has 1 aliphatic heterocycles. The van der Waals surface area contributed by atoms with Gasteiger partial charge in [-0.2, -0.15) is 0 Å². The first-order valence-corrected chi connectivity index (χ1v) is 6.28. The van der Waals surface area contributed by atoms with Crippen LogP contribution in [-0.2, 0) is 6.54 Å². The highest BCUT2D eigenvalue weighted by atomic mass is 15.1. The van der Waals surface area contributed by atoms with E-state index < -0.39 is 0 Å². The molecule has 2 rings (SSSR count). The Bertz CT molecular complexity index is 297. The van der Waals surface area contributed by atoms with Gasteiger partial charge in [0.15, 0.2) is 0 Å². The van der Waals surface area contributed by atoms with Crippen LogP contribution in [0.25, 0.3) is 0 Å². The van der Waals surface area contributed by atoms with Crippen molar-refractivity contribution in [2.75, 3.05) is 26.7 Å². The van der Waals surface area contributed by atoms with Crippen LogP contribution in [0.5, 0.6) is 0 Å². The van der Waals surface area contributed by atoms with Crippen LogP contribution in [0.3, 0.4) is 0 Å². The monoisotopic (exact) mass is 218 g/mol. The van der Waals surface area contributed by atoms with Crippen molar-refractivity contribution >= 4 is 0 Å². The predicted molar refractivity (Wildman–Crippen MR) is 68.4 cm³/mol. The minimum atomic E-state index is 0.836. The minimum absolute atomic E-state index is 0.836. The van der Waals surface area contributed by atoms with Gasteiger partial charge >= 0.3 is 0 Å². The molecule has 1 heterocycles. The average molecular weight is 218 g/mol. The first-order valence-electron chi connectivity index (χ1n) is 6.28. The second-order valence-electron chi connectivity index (χ2n) is 4.89. The summed E-state index contributed by atoms with van der Waals surface area (Å²) in [6, 6.07) is 10.6. The quantitative estimate of drug-likeness (QED) is 0.833. The van der Waals surface area contributed by atoms with Crippen molar-refractivity contribution in [3.05, 3.63) is 35.9 Å². The Morgan fingerprint density at radius 3 is 2.88 bits per heavy atom. The third-order valence-corrected chi connectivity index (χ3v) is 3.33. The molecule has 0 aliphatic carbocycles. The van der Waals surface area contributed by atoms with Gasteiger partial charge in [0.05, 0.1) is 0 Å². The molecule has 1 aliphatic rings. The summed E-state index contributed by atoms with van der Waals surface area (Å²) in [6.45, 7) is 4.68. The van der Waals surface area contributed by atoms with Gasteiger partial charge in [-0.1, -0.05) is 30.3 Å². The first kappa shape index (κ1) is 11.6. The summed E-state index contributed by atoms with van der Waals surface area (Å²) in [6.07, 6.45) is 2.74. The van der Waals surface area contributed by atoms with E-state index >= 15 is 0 Å². The summed E-state index contributed by atoms with van der Waals surface area (Å²) >= 11 is 0. The third kappa shape index (κ3) is 3.62. The van der Waals surface area contributed by atoms with Gasteiger partial charge < -0.3 is 10.2 Å². The van der Waals surface area contributed by atoms with Crippen LogP contribution >= 0.6 is 0 Å². The fourth-order valence-corrected chi connectivity index (χ4v) is 2.46. The number of hydrogen-bond acceptors (Lipinski definition) is 2. The Hall–Kier alpha value is -0.860. The topological polar surface area (TPSA) is 15.3 Å². The first-order chi connectivity index (χ1) is 7.84. The molecule has 0 saturated carbocycles. The molecule has 1 saturated heterocycles. The van der Waals surface area contributed by atoms with Gasteiger partial charge in [0.25, 0.3) is 0 Å². The molecular weight excluding hydrogens is 196 g/mol. The molecule has 1 fully saturated rings. The number of nitrogens with one attached hydrogen (secondary N) is 1. The lowest BCUT2D eigenvalue weighted by Crippen LogP contribution is -2.37. The molecule has 0 radical (unpaired) electrons. The lowest BCUT2D eigenvalue weighted by molar-refractivity contribution is 0.206. The fraction of sp³-hybridized carbons (Fsp3) is 0.571. The van der Waals surface area contributed by atoms with Gasteiger partial charge in [0, 0.05) is 13.1 Å². The molecule has 0 spiro atoms. The molecule has 2 heteroatoms. The summed E-state index contributed by atoms with van der Waals surface area (Å²) in [5.41, 5.74) is 1.38. The standard InChI is InChI=1S/C14H22N2/c1-16-9-5-8-14(12-16)11-15-10-13-6-3-2-4-7-13/h2-4,6-7,14-15H,5,8-12H2,1H3. The van der Waals surface area contributed by atoms with Crippen LogP contribution in [-0.4, -0.2) is 31.6 Å². The van der Waals surface area contributed by atoms with E-state index in [0.717, 1.165) is 19.0 Å². The zero-order chi connectivity index (χ0) is 11.2. The molecule has 1 unspecified atom stereocenters. The van der Waals surface area contributed by atoms with E-state index in [-0.39, 0.29) is 0 Å². The molecule has 0 bridgehead atoms. The number of nitrogens with zero attached hydrogens (tertiary/aromatic N) is 1. The smallest absolute Gasteiger partial charge is 0.0205 e. The summed E-state index contributed by atoms with van der Waals surface area (Å²) < 4.78 is 0. The Kier molecular flexibility index (Phi) is 4.37. The molecule has 16 heavy (non-hydrogen) atoms. The maximum Gasteiger partial charge on any atom is 0.0205 e. The van der Waals surface area contributed by atoms with E-state index in [1.54, 1.807) is 0 Å². The lowest BCUT2D eigenvalue weighted by atomic mass is 9.98. The number of hydrogen-bond donors (Lipinski definition) is 1. The number of piperidine rings is 1. The molecule has 0 aromatic heterocycles. The van der Waals surface area contributed by atoms with E-state index in [1.807, 2.05) is 0 Å². The van der Waals surface area contributed by atoms with Crippen LogP contribution in [0, 0.1) is 5.92 Å². The van der Waals surface area contributed by atoms with Crippen molar-refractivity contribution in [3.63, 3.8) is 0 Å². The van der Waals surface area contributed by atoms with Crippen LogP contribution in [0.15, 0.2) is 30.3 Å². The average Bonchev–Trinajstić information content (AvgIpc) is 2.30. The Labute approximate surface area is 98.7 Å². The molecule has 1 atom stereocenters. The zero-order valence-corrected chi connectivity index (χ0v) is 10.2. The zero-order valence-electron chi connectivity index (χ0n) is 10.2. The van der Waals surface area contributed by atoms with Gasteiger partial charge in [-0.3, -0.25) is 0 Å². The van der Waals surface area contributed by atoms with E-state index in [1.165, 1.54) is 31.5 Å². The number of rotatable bonds is 4. The summed E-state index contributed by atoms with van der Waals surface area (Å²) in [5.74, 6) is 0.836. The van der Waals surface area contributed by atoms with Crippen LogP contribution in [0.1, 0.15) is 18.4 Å². The summed E-state index contributed by atoms with van der Waals surface area (Å²) in [5, 5.41) is 3.57. The third-order valence-electron chi connectivity index (χ3n) is 3.33. The van der Waals surface area contributed by atoms with Gasteiger partial charge in [-0.15, -0.1) is 0 Å². The Balaban J connectivity index is 1.68. The second-order valence-corrected chi connectivity index (χ2v) is 4.89. The normalized spacial score (nSPS) is 22.2. The van der Waals surface area contributed by atoms with Crippen molar-refractivity contribution in [1.82, 2.24) is 10.2 Å². The molecule has 1 aromatic rings. The van der Waals surface area contributed by atoms with Crippen molar-refractivity contribution < 1.29 is 0 Å². The minimum Gasteiger partial charge on any atom is -0.312 e. The molecule has 1 N–H and O–H groups in total. The lowest BCUT2D eigenvalue weighted by Gasteiger charge is -2.29. The molecular formula is C14H22N2.